The minimum atomic E-state index is -4.14. The van der Waals surface area contributed by atoms with Gasteiger partial charge < -0.3 is 10.6 Å². The number of hydrogen-bond donors (Lipinski definition) is 2. The first kappa shape index (κ1) is 17.0. The Morgan fingerprint density at radius 1 is 1.55 bits per heavy atom. The third-order valence-corrected chi connectivity index (χ3v) is 4.44. The Morgan fingerprint density at radius 3 is 2.91 bits per heavy atom. The predicted octanol–water partition coefficient (Wildman–Crippen LogP) is 1.75. The predicted molar refractivity (Wildman–Crippen MR) is 81.1 cm³/mol. The molecule has 124 valence electrons. The minimum absolute atomic E-state index is 0.0175. The lowest BCUT2D eigenvalue weighted by molar-refractivity contribution is -0.143. The molecular formula is C13H20F3N5S. The van der Waals surface area contributed by atoms with E-state index < -0.39 is 12.7 Å². The molecule has 1 saturated heterocycles. The van der Waals surface area contributed by atoms with E-state index in [1.807, 2.05) is 6.92 Å². The van der Waals surface area contributed by atoms with E-state index >= 15 is 0 Å². The summed E-state index contributed by atoms with van der Waals surface area (Å²) in [5.74, 6) is 0.603. The Hall–Kier alpha value is -1.35. The molecule has 5 nitrogen and oxygen atoms in total. The van der Waals surface area contributed by atoms with E-state index in [2.05, 4.69) is 20.6 Å². The number of aromatic nitrogens is 1. The zero-order chi connectivity index (χ0) is 16.2. The summed E-state index contributed by atoms with van der Waals surface area (Å²) in [5.41, 5.74) is 2.76. The molecule has 0 aromatic carbocycles. The second-order valence-electron chi connectivity index (χ2n) is 5.27. The molecule has 22 heavy (non-hydrogen) atoms. The molecule has 1 fully saturated rings. The van der Waals surface area contributed by atoms with E-state index in [0.717, 1.165) is 10.6 Å². The van der Waals surface area contributed by atoms with E-state index in [1.165, 1.54) is 4.90 Å². The lowest BCUT2D eigenvalue weighted by Crippen LogP contribution is -2.44. The van der Waals surface area contributed by atoms with Gasteiger partial charge in [0.2, 0.25) is 0 Å². The van der Waals surface area contributed by atoms with Crippen LogP contribution in [0.5, 0.6) is 0 Å². The highest BCUT2D eigenvalue weighted by Crippen LogP contribution is 2.20. The van der Waals surface area contributed by atoms with Gasteiger partial charge in [-0.3, -0.25) is 9.89 Å². The molecule has 2 rings (SSSR count). The second kappa shape index (κ2) is 7.28. The van der Waals surface area contributed by atoms with Gasteiger partial charge in [-0.05, 0) is 13.3 Å². The molecule has 0 spiro atoms. The maximum atomic E-state index is 12.4. The fraction of sp³-hybridized carbons (Fsp3) is 0.692. The summed E-state index contributed by atoms with van der Waals surface area (Å²) in [6.07, 6.45) is -3.46. The number of nitrogens with zero attached hydrogens (tertiary/aromatic N) is 3. The van der Waals surface area contributed by atoms with E-state index in [4.69, 9.17) is 0 Å². The normalized spacial score (nSPS) is 20.4. The number of aryl methyl sites for hydroxylation is 1. The number of halogens is 3. The number of hydrogen-bond acceptors (Lipinski definition) is 4. The number of likely N-dealkylation sites (tertiary alicyclic amines) is 1. The second-order valence-corrected chi connectivity index (χ2v) is 6.21. The summed E-state index contributed by atoms with van der Waals surface area (Å²) in [7, 11) is 1.65. The van der Waals surface area contributed by atoms with Crippen molar-refractivity contribution >= 4 is 17.3 Å². The molecule has 0 bridgehead atoms. The summed E-state index contributed by atoms with van der Waals surface area (Å²) in [6.45, 7) is 2.52. The van der Waals surface area contributed by atoms with Crippen LogP contribution in [0.4, 0.5) is 13.2 Å². The molecule has 0 amide bonds. The number of guanidine groups is 1. The van der Waals surface area contributed by atoms with Gasteiger partial charge in [0.1, 0.15) is 0 Å². The van der Waals surface area contributed by atoms with Crippen molar-refractivity contribution in [2.45, 2.75) is 32.1 Å². The molecule has 9 heteroatoms. The molecule has 2 N–H and O–H groups in total. The lowest BCUT2D eigenvalue weighted by Gasteiger charge is -2.19. The van der Waals surface area contributed by atoms with E-state index in [9.17, 15) is 13.2 Å². The van der Waals surface area contributed by atoms with Gasteiger partial charge >= 0.3 is 6.18 Å². The number of nitrogens with one attached hydrogen (secondary N) is 2. The Labute approximate surface area is 131 Å². The first-order valence-corrected chi connectivity index (χ1v) is 7.90. The van der Waals surface area contributed by atoms with Crippen LogP contribution in [0.1, 0.15) is 17.0 Å². The van der Waals surface area contributed by atoms with Crippen LogP contribution in [-0.4, -0.2) is 54.7 Å². The topological polar surface area (TPSA) is 52.6 Å². The molecule has 0 radical (unpaired) electrons. The zero-order valence-corrected chi connectivity index (χ0v) is 13.4. The molecule has 2 heterocycles. The fourth-order valence-electron chi connectivity index (χ4n) is 2.40. The number of rotatable bonds is 4. The average Bonchev–Trinajstić information content (AvgIpc) is 3.02. The van der Waals surface area contributed by atoms with Crippen molar-refractivity contribution in [1.82, 2.24) is 20.5 Å². The van der Waals surface area contributed by atoms with Crippen molar-refractivity contribution in [3.05, 3.63) is 16.1 Å². The van der Waals surface area contributed by atoms with Crippen molar-refractivity contribution < 1.29 is 13.2 Å². The van der Waals surface area contributed by atoms with Crippen LogP contribution in [0.25, 0.3) is 0 Å². The summed E-state index contributed by atoms with van der Waals surface area (Å²) in [4.78, 5) is 10.8. The highest BCUT2D eigenvalue weighted by molar-refractivity contribution is 7.09. The first-order valence-electron chi connectivity index (χ1n) is 7.02. The Balaban J connectivity index is 1.78. The molecule has 1 aliphatic rings. The Kier molecular flexibility index (Phi) is 5.63. The van der Waals surface area contributed by atoms with Crippen LogP contribution in [0.3, 0.4) is 0 Å². The molecule has 1 atom stereocenters. The largest absolute Gasteiger partial charge is 0.401 e. The van der Waals surface area contributed by atoms with Gasteiger partial charge in [-0.25, -0.2) is 4.98 Å². The van der Waals surface area contributed by atoms with Crippen molar-refractivity contribution in [1.29, 1.82) is 0 Å². The third kappa shape index (κ3) is 5.13. The van der Waals surface area contributed by atoms with E-state index in [0.29, 0.717) is 32.0 Å². The molecular weight excluding hydrogens is 315 g/mol. The molecule has 1 aliphatic heterocycles. The quantitative estimate of drug-likeness (QED) is 0.650. The highest BCUT2D eigenvalue weighted by atomic mass is 32.1. The van der Waals surface area contributed by atoms with E-state index in [-0.39, 0.29) is 6.04 Å². The monoisotopic (exact) mass is 335 g/mol. The summed E-state index contributed by atoms with van der Waals surface area (Å²) < 4.78 is 37.1. The fourth-order valence-corrected chi connectivity index (χ4v) is 3.11. The summed E-state index contributed by atoms with van der Waals surface area (Å²) in [5, 5.41) is 6.35. The third-order valence-electron chi connectivity index (χ3n) is 3.50. The molecule has 0 saturated carbocycles. The maximum absolute atomic E-state index is 12.4. The standard InChI is InChI=1S/C13H20F3N5S/c1-9-11(22-8-19-9)5-18-12(17-2)20-10-3-4-21(6-10)7-13(14,15)16/h8,10H,3-7H2,1-2H3,(H2,17,18,20). The van der Waals surface area contributed by atoms with Crippen LogP contribution >= 0.6 is 11.3 Å². The van der Waals surface area contributed by atoms with Gasteiger partial charge in [0.15, 0.2) is 5.96 Å². The smallest absolute Gasteiger partial charge is 0.352 e. The van der Waals surface area contributed by atoms with Gasteiger partial charge in [-0.15, -0.1) is 11.3 Å². The van der Waals surface area contributed by atoms with Crippen molar-refractivity contribution in [2.75, 3.05) is 26.7 Å². The molecule has 0 aliphatic carbocycles. The van der Waals surface area contributed by atoms with Crippen LogP contribution in [0.15, 0.2) is 10.5 Å². The number of thiazole rings is 1. The molecule has 1 aromatic heterocycles. The number of aliphatic imine (C=N–C) groups is 1. The first-order chi connectivity index (χ1) is 10.4. The van der Waals surface area contributed by atoms with Crippen LogP contribution in [0.2, 0.25) is 0 Å². The van der Waals surface area contributed by atoms with Gasteiger partial charge in [0, 0.05) is 31.1 Å². The van der Waals surface area contributed by atoms with Crippen molar-refractivity contribution in [3.8, 4) is 0 Å². The number of alkyl halides is 3. The van der Waals surface area contributed by atoms with Crippen LogP contribution in [0, 0.1) is 6.92 Å². The molecule has 1 aromatic rings. The van der Waals surface area contributed by atoms with Gasteiger partial charge in [-0.1, -0.05) is 0 Å². The van der Waals surface area contributed by atoms with Crippen molar-refractivity contribution in [2.24, 2.45) is 4.99 Å². The Morgan fingerprint density at radius 2 is 2.32 bits per heavy atom. The summed E-state index contributed by atoms with van der Waals surface area (Å²) in [6, 6.07) is -0.0175. The lowest BCUT2D eigenvalue weighted by atomic mass is 10.3. The van der Waals surface area contributed by atoms with Crippen molar-refractivity contribution in [3.63, 3.8) is 0 Å². The van der Waals surface area contributed by atoms with Gasteiger partial charge in [0.25, 0.3) is 0 Å². The van der Waals surface area contributed by atoms with Gasteiger partial charge in [-0.2, -0.15) is 13.2 Å². The average molecular weight is 335 g/mol. The summed E-state index contributed by atoms with van der Waals surface area (Å²) >= 11 is 1.56. The van der Waals surface area contributed by atoms with E-state index in [1.54, 1.807) is 23.9 Å². The molecule has 1 unspecified atom stereocenters. The SMILES string of the molecule is CN=C(NCc1scnc1C)NC1CCN(CC(F)(F)F)C1. The Bertz CT molecular complexity index is 514. The minimum Gasteiger partial charge on any atom is -0.352 e. The van der Waals surface area contributed by atoms with Gasteiger partial charge in [0.05, 0.1) is 24.3 Å². The highest BCUT2D eigenvalue weighted by Gasteiger charge is 2.34. The van der Waals surface area contributed by atoms with Crippen LogP contribution < -0.4 is 10.6 Å². The maximum Gasteiger partial charge on any atom is 0.401 e. The van der Waals surface area contributed by atoms with Crippen LogP contribution in [-0.2, 0) is 6.54 Å². The zero-order valence-electron chi connectivity index (χ0n) is 12.6.